The van der Waals surface area contributed by atoms with Gasteiger partial charge in [-0.2, -0.15) is 0 Å². The summed E-state index contributed by atoms with van der Waals surface area (Å²) >= 11 is 0. The zero-order chi connectivity index (χ0) is 11.6. The molecule has 0 aromatic rings. The monoisotopic (exact) mass is 228 g/mol. The van der Waals surface area contributed by atoms with Gasteiger partial charge in [0.1, 0.15) is 0 Å². The Bertz CT molecular complexity index is 158. The summed E-state index contributed by atoms with van der Waals surface area (Å²) in [5.74, 6) is 0.778. The van der Waals surface area contributed by atoms with Crippen molar-refractivity contribution in [3.05, 3.63) is 0 Å². The van der Waals surface area contributed by atoms with E-state index < -0.39 is 0 Å². The molecule has 1 aliphatic rings. The van der Waals surface area contributed by atoms with Crippen LogP contribution in [0.4, 0.5) is 0 Å². The molecule has 0 aromatic heterocycles. The summed E-state index contributed by atoms with van der Waals surface area (Å²) in [7, 11) is 1.77. The minimum Gasteiger partial charge on any atom is -0.385 e. The topological polar surface area (TPSA) is 24.5 Å². The molecule has 16 heavy (non-hydrogen) atoms. The van der Waals surface area contributed by atoms with Crippen molar-refractivity contribution in [3.63, 3.8) is 0 Å². The van der Waals surface area contributed by atoms with E-state index in [0.29, 0.717) is 0 Å². The second kappa shape index (κ2) is 8.97. The van der Waals surface area contributed by atoms with Gasteiger partial charge in [0.2, 0.25) is 0 Å². The number of unbranched alkanes of at least 4 members (excludes halogenated alkanes) is 1. The second-order valence-corrected chi connectivity index (χ2v) is 5.02. The average molecular weight is 228 g/mol. The number of hydrogen-bond acceptors (Lipinski definition) is 3. The van der Waals surface area contributed by atoms with Crippen LogP contribution >= 0.6 is 0 Å². The Morgan fingerprint density at radius 3 is 2.69 bits per heavy atom. The van der Waals surface area contributed by atoms with Gasteiger partial charge in [0.05, 0.1) is 0 Å². The minimum absolute atomic E-state index is 0.778. The van der Waals surface area contributed by atoms with Gasteiger partial charge in [0.15, 0.2) is 0 Å². The van der Waals surface area contributed by atoms with Gasteiger partial charge in [-0.1, -0.05) is 6.92 Å². The molecule has 96 valence electrons. The van der Waals surface area contributed by atoms with Crippen molar-refractivity contribution in [1.29, 1.82) is 0 Å². The first-order valence-electron chi connectivity index (χ1n) is 6.75. The minimum atomic E-state index is 0.778. The van der Waals surface area contributed by atoms with E-state index in [-0.39, 0.29) is 0 Å². The Morgan fingerprint density at radius 1 is 1.25 bits per heavy atom. The number of rotatable bonds is 9. The van der Waals surface area contributed by atoms with E-state index in [1.54, 1.807) is 7.11 Å². The first-order valence-corrected chi connectivity index (χ1v) is 6.75. The van der Waals surface area contributed by atoms with Gasteiger partial charge >= 0.3 is 0 Å². The molecule has 0 spiro atoms. The zero-order valence-electron chi connectivity index (χ0n) is 11.0. The van der Waals surface area contributed by atoms with Crippen molar-refractivity contribution in [1.82, 2.24) is 10.2 Å². The molecule has 1 saturated heterocycles. The lowest BCUT2D eigenvalue weighted by atomic mass is 10.1. The molecule has 1 aliphatic heterocycles. The zero-order valence-corrected chi connectivity index (χ0v) is 11.0. The molecule has 1 unspecified atom stereocenters. The van der Waals surface area contributed by atoms with Crippen molar-refractivity contribution in [3.8, 4) is 0 Å². The van der Waals surface area contributed by atoms with Crippen LogP contribution in [0.5, 0.6) is 0 Å². The van der Waals surface area contributed by atoms with Gasteiger partial charge < -0.3 is 15.0 Å². The number of hydrogen-bond donors (Lipinski definition) is 1. The third-order valence-electron chi connectivity index (χ3n) is 3.21. The van der Waals surface area contributed by atoms with Crippen molar-refractivity contribution in [2.24, 2.45) is 5.92 Å². The summed E-state index contributed by atoms with van der Waals surface area (Å²) in [5.41, 5.74) is 0. The molecule has 0 bridgehead atoms. The Kier molecular flexibility index (Phi) is 7.81. The molecule has 0 aliphatic carbocycles. The maximum atomic E-state index is 5.02. The molecule has 1 fully saturated rings. The lowest BCUT2D eigenvalue weighted by Gasteiger charge is -2.20. The van der Waals surface area contributed by atoms with Gasteiger partial charge in [-0.25, -0.2) is 0 Å². The van der Waals surface area contributed by atoms with Crippen LogP contribution in [0.15, 0.2) is 0 Å². The van der Waals surface area contributed by atoms with E-state index in [1.165, 1.54) is 45.3 Å². The number of methoxy groups -OCH3 is 1. The Labute approximate surface area is 101 Å². The van der Waals surface area contributed by atoms with E-state index in [2.05, 4.69) is 17.1 Å². The van der Waals surface area contributed by atoms with Gasteiger partial charge in [-0.15, -0.1) is 0 Å². The fourth-order valence-electron chi connectivity index (χ4n) is 2.32. The van der Waals surface area contributed by atoms with Crippen LogP contribution in [0.2, 0.25) is 0 Å². The number of nitrogens with zero attached hydrogens (tertiary/aromatic N) is 1. The normalized spacial score (nSPS) is 19.1. The van der Waals surface area contributed by atoms with Crippen LogP contribution in [0, 0.1) is 5.92 Å². The lowest BCUT2D eigenvalue weighted by Crippen LogP contribution is -2.32. The van der Waals surface area contributed by atoms with Crippen LogP contribution in [-0.4, -0.2) is 51.3 Å². The van der Waals surface area contributed by atoms with Crippen molar-refractivity contribution in [2.75, 3.05) is 46.4 Å². The Hall–Kier alpha value is -0.120. The quantitative estimate of drug-likeness (QED) is 0.608. The van der Waals surface area contributed by atoms with E-state index in [1.807, 2.05) is 0 Å². The molecule has 1 heterocycles. The van der Waals surface area contributed by atoms with Crippen LogP contribution in [0.3, 0.4) is 0 Å². The van der Waals surface area contributed by atoms with Gasteiger partial charge in [0.25, 0.3) is 0 Å². The molecule has 1 rings (SSSR count). The predicted octanol–water partition coefficient (Wildman–Crippen LogP) is 1.73. The standard InChI is InChI=1S/C13H28N2O/c1-13(12-15-8-4-5-9-15)11-14-7-3-6-10-16-2/h13-14H,3-12H2,1-2H3. The average Bonchev–Trinajstić information content (AvgIpc) is 2.76. The molecule has 1 atom stereocenters. The molecule has 0 aromatic carbocycles. The van der Waals surface area contributed by atoms with E-state index >= 15 is 0 Å². The summed E-state index contributed by atoms with van der Waals surface area (Å²) in [5, 5.41) is 3.54. The number of ether oxygens (including phenoxy) is 1. The third kappa shape index (κ3) is 6.46. The Morgan fingerprint density at radius 2 is 2.00 bits per heavy atom. The van der Waals surface area contributed by atoms with E-state index in [0.717, 1.165) is 25.6 Å². The molecule has 0 amide bonds. The highest BCUT2D eigenvalue weighted by Crippen LogP contribution is 2.09. The van der Waals surface area contributed by atoms with E-state index in [9.17, 15) is 0 Å². The summed E-state index contributed by atoms with van der Waals surface area (Å²) in [6.45, 7) is 9.43. The fourth-order valence-corrected chi connectivity index (χ4v) is 2.32. The summed E-state index contributed by atoms with van der Waals surface area (Å²) in [6, 6.07) is 0. The maximum Gasteiger partial charge on any atom is 0.0462 e. The highest BCUT2D eigenvalue weighted by Gasteiger charge is 2.13. The van der Waals surface area contributed by atoms with Gasteiger partial charge in [-0.3, -0.25) is 0 Å². The Balaban J connectivity index is 1.87. The number of likely N-dealkylation sites (tertiary alicyclic amines) is 1. The third-order valence-corrected chi connectivity index (χ3v) is 3.21. The molecular formula is C13H28N2O. The lowest BCUT2D eigenvalue weighted by molar-refractivity contribution is 0.192. The first-order chi connectivity index (χ1) is 7.83. The van der Waals surface area contributed by atoms with Crippen molar-refractivity contribution < 1.29 is 4.74 Å². The van der Waals surface area contributed by atoms with Crippen LogP contribution in [-0.2, 0) is 4.74 Å². The highest BCUT2D eigenvalue weighted by atomic mass is 16.5. The molecule has 0 radical (unpaired) electrons. The molecule has 3 nitrogen and oxygen atoms in total. The van der Waals surface area contributed by atoms with Crippen molar-refractivity contribution in [2.45, 2.75) is 32.6 Å². The van der Waals surface area contributed by atoms with E-state index in [4.69, 9.17) is 4.74 Å². The molecular weight excluding hydrogens is 200 g/mol. The SMILES string of the molecule is COCCCCNCC(C)CN1CCCC1. The van der Waals surface area contributed by atoms with Crippen molar-refractivity contribution >= 4 is 0 Å². The first kappa shape index (κ1) is 13.9. The van der Waals surface area contributed by atoms with Crippen LogP contribution < -0.4 is 5.32 Å². The molecule has 1 N–H and O–H groups in total. The molecule has 3 heteroatoms. The summed E-state index contributed by atoms with van der Waals surface area (Å²) in [4.78, 5) is 2.59. The second-order valence-electron chi connectivity index (χ2n) is 5.02. The molecule has 0 saturated carbocycles. The maximum absolute atomic E-state index is 5.02. The summed E-state index contributed by atoms with van der Waals surface area (Å²) < 4.78 is 5.02. The number of nitrogens with one attached hydrogen (secondary N) is 1. The summed E-state index contributed by atoms with van der Waals surface area (Å²) in [6.07, 6.45) is 5.20. The largest absolute Gasteiger partial charge is 0.385 e. The highest BCUT2D eigenvalue weighted by molar-refractivity contribution is 4.69. The smallest absolute Gasteiger partial charge is 0.0462 e. The fraction of sp³-hybridized carbons (Fsp3) is 1.00. The van der Waals surface area contributed by atoms with Gasteiger partial charge in [-0.05, 0) is 57.8 Å². The predicted molar refractivity (Wildman–Crippen MR) is 68.8 cm³/mol. The van der Waals surface area contributed by atoms with Gasteiger partial charge in [0, 0.05) is 20.3 Å². The van der Waals surface area contributed by atoms with Crippen LogP contribution in [0.1, 0.15) is 32.6 Å². The van der Waals surface area contributed by atoms with Crippen LogP contribution in [0.25, 0.3) is 0 Å².